The predicted octanol–water partition coefficient (Wildman–Crippen LogP) is 1.37. The Morgan fingerprint density at radius 2 is 1.88 bits per heavy atom. The third kappa shape index (κ3) is 8.84. The van der Waals surface area contributed by atoms with Gasteiger partial charge in [0.25, 0.3) is 0 Å². The van der Waals surface area contributed by atoms with Crippen molar-refractivity contribution in [1.29, 1.82) is 0 Å². The highest BCUT2D eigenvalue weighted by molar-refractivity contribution is 14.0. The van der Waals surface area contributed by atoms with Gasteiger partial charge in [0.15, 0.2) is 15.8 Å². The van der Waals surface area contributed by atoms with Crippen molar-refractivity contribution in [2.45, 2.75) is 19.8 Å². The number of guanidine groups is 1. The van der Waals surface area contributed by atoms with Gasteiger partial charge in [-0.25, -0.2) is 8.42 Å². The number of nitrogens with zero attached hydrogens (tertiary/aromatic N) is 1. The molecule has 1 unspecified atom stereocenters. The zero-order chi connectivity index (χ0) is 17.1. The molecule has 3 N–H and O–H groups in total. The minimum Gasteiger partial charge on any atom is -0.396 e. The molecule has 0 aliphatic heterocycles. The summed E-state index contributed by atoms with van der Waals surface area (Å²) in [7, 11) is -2.99. The molecule has 0 saturated heterocycles. The predicted molar refractivity (Wildman–Crippen MR) is 110 cm³/mol. The van der Waals surface area contributed by atoms with E-state index in [4.69, 9.17) is 0 Å². The maximum absolute atomic E-state index is 11.5. The summed E-state index contributed by atoms with van der Waals surface area (Å²) in [5.41, 5.74) is 1.03. The summed E-state index contributed by atoms with van der Waals surface area (Å²) in [6.45, 7) is 5.02. The van der Waals surface area contributed by atoms with Gasteiger partial charge >= 0.3 is 0 Å². The Morgan fingerprint density at radius 1 is 1.21 bits per heavy atom. The minimum absolute atomic E-state index is 0. The van der Waals surface area contributed by atoms with Crippen molar-refractivity contribution in [3.8, 4) is 0 Å². The van der Waals surface area contributed by atoms with E-state index in [1.165, 1.54) is 0 Å². The molecule has 0 saturated carbocycles. The average molecular weight is 469 g/mol. The van der Waals surface area contributed by atoms with Crippen molar-refractivity contribution in [3.05, 3.63) is 35.9 Å². The number of nitrogens with one attached hydrogen (secondary N) is 2. The number of sulfone groups is 1. The second-order valence-corrected chi connectivity index (χ2v) is 7.65. The van der Waals surface area contributed by atoms with Crippen LogP contribution in [0.1, 0.15) is 25.3 Å². The van der Waals surface area contributed by atoms with Crippen molar-refractivity contribution in [2.24, 2.45) is 4.99 Å². The van der Waals surface area contributed by atoms with Crippen LogP contribution in [0.5, 0.6) is 0 Å². The molecule has 1 atom stereocenters. The van der Waals surface area contributed by atoms with E-state index in [-0.39, 0.29) is 48.0 Å². The van der Waals surface area contributed by atoms with Gasteiger partial charge in [0.1, 0.15) is 0 Å². The first-order chi connectivity index (χ1) is 11.0. The van der Waals surface area contributed by atoms with Crippen LogP contribution in [-0.4, -0.2) is 57.2 Å². The lowest BCUT2D eigenvalue weighted by Crippen LogP contribution is -2.40. The fraction of sp³-hybridized carbons (Fsp3) is 0.562. The summed E-state index contributed by atoms with van der Waals surface area (Å²) >= 11 is 0. The Balaban J connectivity index is 0.00000529. The first kappa shape index (κ1) is 23.1. The molecule has 6 nitrogen and oxygen atoms in total. The van der Waals surface area contributed by atoms with Crippen LogP contribution in [-0.2, 0) is 9.84 Å². The fourth-order valence-electron chi connectivity index (χ4n) is 2.01. The second kappa shape index (κ2) is 12.5. The van der Waals surface area contributed by atoms with E-state index in [1.807, 2.05) is 37.3 Å². The molecule has 1 aromatic carbocycles. The number of hydrogen-bond acceptors (Lipinski definition) is 4. The van der Waals surface area contributed by atoms with Crippen LogP contribution in [0.3, 0.4) is 0 Å². The number of aliphatic hydroxyl groups excluding tert-OH is 1. The highest BCUT2D eigenvalue weighted by Gasteiger charge is 2.11. The number of rotatable bonds is 9. The zero-order valence-corrected chi connectivity index (χ0v) is 17.4. The van der Waals surface area contributed by atoms with Crippen molar-refractivity contribution >= 4 is 39.8 Å². The third-order valence-corrected chi connectivity index (χ3v) is 5.16. The number of benzene rings is 1. The Bertz CT molecular complexity index is 579. The fourth-order valence-corrected chi connectivity index (χ4v) is 2.71. The Kier molecular flexibility index (Phi) is 12.0. The molecule has 138 valence electrons. The van der Waals surface area contributed by atoms with Gasteiger partial charge in [0.05, 0.1) is 18.9 Å². The van der Waals surface area contributed by atoms with Gasteiger partial charge in [-0.3, -0.25) is 4.99 Å². The largest absolute Gasteiger partial charge is 0.396 e. The summed E-state index contributed by atoms with van der Waals surface area (Å²) in [4.78, 5) is 4.45. The minimum atomic E-state index is -2.99. The number of hydrogen-bond donors (Lipinski definition) is 3. The van der Waals surface area contributed by atoms with Crippen LogP contribution in [0.15, 0.2) is 35.3 Å². The monoisotopic (exact) mass is 469 g/mol. The summed E-state index contributed by atoms with van der Waals surface area (Å²) in [5.74, 6) is 0.707. The van der Waals surface area contributed by atoms with Crippen LogP contribution < -0.4 is 10.6 Å². The Labute approximate surface area is 162 Å². The van der Waals surface area contributed by atoms with E-state index in [1.54, 1.807) is 6.92 Å². The van der Waals surface area contributed by atoms with Gasteiger partial charge in [-0.05, 0) is 12.5 Å². The number of aliphatic imine (C=N–C) groups is 1. The van der Waals surface area contributed by atoms with Gasteiger partial charge < -0.3 is 15.7 Å². The Morgan fingerprint density at radius 3 is 2.42 bits per heavy atom. The molecule has 0 aliphatic rings. The van der Waals surface area contributed by atoms with Crippen LogP contribution >= 0.6 is 24.0 Å². The van der Waals surface area contributed by atoms with Crippen molar-refractivity contribution in [3.63, 3.8) is 0 Å². The highest BCUT2D eigenvalue weighted by atomic mass is 127. The standard InChI is InChI=1S/C16H27N3O3S.HI/c1-3-17-16(18-10-11-23(21,22)4-2)19-12-15(13-20)14-8-6-5-7-9-14;/h5-9,15,20H,3-4,10-13H2,1-2H3,(H2,17,18,19);1H. The summed E-state index contributed by atoms with van der Waals surface area (Å²) < 4.78 is 23.0. The van der Waals surface area contributed by atoms with Gasteiger partial charge in [-0.1, -0.05) is 37.3 Å². The van der Waals surface area contributed by atoms with Crippen molar-refractivity contribution in [1.82, 2.24) is 10.6 Å². The van der Waals surface area contributed by atoms with E-state index < -0.39 is 9.84 Å². The number of aliphatic hydroxyl groups is 1. The zero-order valence-electron chi connectivity index (χ0n) is 14.2. The molecule has 0 bridgehead atoms. The van der Waals surface area contributed by atoms with Gasteiger partial charge in [-0.15, -0.1) is 24.0 Å². The average Bonchev–Trinajstić information content (AvgIpc) is 2.56. The second-order valence-electron chi connectivity index (χ2n) is 5.17. The molecule has 0 aromatic heterocycles. The number of halogens is 1. The van der Waals surface area contributed by atoms with E-state index in [9.17, 15) is 13.5 Å². The van der Waals surface area contributed by atoms with Gasteiger partial charge in [-0.2, -0.15) is 0 Å². The Hall–Kier alpha value is -0.870. The van der Waals surface area contributed by atoms with E-state index >= 15 is 0 Å². The molecular formula is C16H28IN3O3S. The van der Waals surface area contributed by atoms with Crippen molar-refractivity contribution < 1.29 is 13.5 Å². The molecule has 8 heteroatoms. The molecule has 0 aliphatic carbocycles. The van der Waals surface area contributed by atoms with Crippen LogP contribution in [0.25, 0.3) is 0 Å². The maximum Gasteiger partial charge on any atom is 0.191 e. The molecule has 0 amide bonds. The molecular weight excluding hydrogens is 441 g/mol. The van der Waals surface area contributed by atoms with E-state index in [0.29, 0.717) is 25.6 Å². The van der Waals surface area contributed by atoms with Crippen molar-refractivity contribution in [2.75, 3.05) is 37.7 Å². The van der Waals surface area contributed by atoms with Crippen LogP contribution in [0.4, 0.5) is 0 Å². The quantitative estimate of drug-likeness (QED) is 0.289. The summed E-state index contributed by atoms with van der Waals surface area (Å²) in [6.07, 6.45) is 0. The molecule has 0 heterocycles. The highest BCUT2D eigenvalue weighted by Crippen LogP contribution is 2.14. The molecule has 0 spiro atoms. The maximum atomic E-state index is 11.5. The smallest absolute Gasteiger partial charge is 0.191 e. The third-order valence-electron chi connectivity index (χ3n) is 3.45. The van der Waals surface area contributed by atoms with Crippen LogP contribution in [0, 0.1) is 0 Å². The SMILES string of the molecule is CCNC(=NCC(CO)c1ccccc1)NCCS(=O)(=O)CC.I. The molecule has 24 heavy (non-hydrogen) atoms. The first-order valence-electron chi connectivity index (χ1n) is 7.90. The summed E-state index contributed by atoms with van der Waals surface area (Å²) in [5, 5.41) is 15.6. The molecule has 1 aromatic rings. The lowest BCUT2D eigenvalue weighted by atomic mass is 10.0. The lowest BCUT2D eigenvalue weighted by molar-refractivity contribution is 0.268. The first-order valence-corrected chi connectivity index (χ1v) is 9.73. The van der Waals surface area contributed by atoms with Gasteiger partial charge in [0.2, 0.25) is 0 Å². The molecule has 0 fully saturated rings. The topological polar surface area (TPSA) is 90.8 Å². The van der Waals surface area contributed by atoms with E-state index in [0.717, 1.165) is 5.56 Å². The van der Waals surface area contributed by atoms with E-state index in [2.05, 4.69) is 15.6 Å². The molecule has 1 rings (SSSR count). The molecule has 0 radical (unpaired) electrons. The summed E-state index contributed by atoms with van der Waals surface area (Å²) in [6, 6.07) is 9.72. The van der Waals surface area contributed by atoms with Crippen LogP contribution in [0.2, 0.25) is 0 Å². The lowest BCUT2D eigenvalue weighted by Gasteiger charge is -2.15. The van der Waals surface area contributed by atoms with Gasteiger partial charge in [0, 0.05) is 24.8 Å². The normalized spacial score (nSPS) is 13.0.